The zero-order valence-electron chi connectivity index (χ0n) is 9.75. The van der Waals surface area contributed by atoms with E-state index >= 15 is 0 Å². The molecule has 0 atom stereocenters. The number of hydrogen-bond acceptors (Lipinski definition) is 3. The van der Waals surface area contributed by atoms with Crippen molar-refractivity contribution in [1.29, 1.82) is 0 Å². The molecule has 1 saturated carbocycles. The molecule has 0 amide bonds. The van der Waals surface area contributed by atoms with Crippen molar-refractivity contribution in [1.82, 2.24) is 13.7 Å². The van der Waals surface area contributed by atoms with Crippen LogP contribution in [0.5, 0.6) is 0 Å². The van der Waals surface area contributed by atoms with E-state index in [9.17, 15) is 8.42 Å². The lowest BCUT2D eigenvalue weighted by Gasteiger charge is -2.15. The Kier molecular flexibility index (Phi) is 2.62. The molecule has 2 aromatic heterocycles. The van der Waals surface area contributed by atoms with E-state index in [2.05, 4.69) is 4.98 Å². The van der Waals surface area contributed by atoms with Gasteiger partial charge in [-0.15, -0.1) is 0 Å². The van der Waals surface area contributed by atoms with Crippen molar-refractivity contribution in [3.8, 4) is 0 Å². The lowest BCUT2D eigenvalue weighted by molar-refractivity contribution is 0.461. The van der Waals surface area contributed by atoms with Gasteiger partial charge in [-0.2, -0.15) is 4.31 Å². The third-order valence-corrected chi connectivity index (χ3v) is 5.44. The van der Waals surface area contributed by atoms with Gasteiger partial charge in [-0.05, 0) is 25.0 Å². The van der Waals surface area contributed by atoms with E-state index < -0.39 is 10.0 Å². The zero-order valence-corrected chi connectivity index (χ0v) is 11.3. The summed E-state index contributed by atoms with van der Waals surface area (Å²) < 4.78 is 27.9. The molecule has 1 fully saturated rings. The quantitative estimate of drug-likeness (QED) is 0.864. The Balaban J connectivity index is 2.22. The molecule has 0 spiro atoms. The molecular weight excluding hydrogens is 274 g/mol. The number of aromatic nitrogens is 2. The maximum absolute atomic E-state index is 12.5. The second-order valence-electron chi connectivity index (χ2n) is 4.39. The predicted octanol–water partition coefficient (Wildman–Crippen LogP) is 1.77. The first-order valence-corrected chi connectivity index (χ1v) is 7.44. The summed E-state index contributed by atoms with van der Waals surface area (Å²) in [5.41, 5.74) is 0.533. The van der Waals surface area contributed by atoms with Crippen molar-refractivity contribution in [2.45, 2.75) is 23.9 Å². The smallest absolute Gasteiger partial charge is 0.262 e. The largest absolute Gasteiger partial charge is 0.288 e. The van der Waals surface area contributed by atoms with Gasteiger partial charge in [0.25, 0.3) is 10.0 Å². The van der Waals surface area contributed by atoms with Gasteiger partial charge >= 0.3 is 0 Å². The molecule has 3 rings (SSSR count). The van der Waals surface area contributed by atoms with E-state index in [1.807, 2.05) is 0 Å². The Bertz CT molecular complexity index is 706. The van der Waals surface area contributed by atoms with Crippen LogP contribution in [0.3, 0.4) is 0 Å². The van der Waals surface area contributed by atoms with Gasteiger partial charge in [0.1, 0.15) is 5.65 Å². The number of imidazole rings is 1. The molecular formula is C11H12ClN3O2S. The van der Waals surface area contributed by atoms with Gasteiger partial charge in [0.15, 0.2) is 10.2 Å². The second kappa shape index (κ2) is 3.94. The molecule has 96 valence electrons. The molecule has 2 aromatic rings. The van der Waals surface area contributed by atoms with Gasteiger partial charge in [-0.1, -0.05) is 17.7 Å². The number of halogens is 1. The van der Waals surface area contributed by atoms with E-state index in [0.717, 1.165) is 12.8 Å². The molecule has 2 heterocycles. The van der Waals surface area contributed by atoms with Crippen molar-refractivity contribution in [3.63, 3.8) is 0 Å². The maximum atomic E-state index is 12.5. The Labute approximate surface area is 110 Å². The Morgan fingerprint density at radius 3 is 2.83 bits per heavy atom. The molecule has 0 N–H and O–H groups in total. The van der Waals surface area contributed by atoms with Crippen LogP contribution in [0, 0.1) is 0 Å². The van der Waals surface area contributed by atoms with Gasteiger partial charge < -0.3 is 0 Å². The minimum Gasteiger partial charge on any atom is -0.288 e. The molecule has 18 heavy (non-hydrogen) atoms. The Morgan fingerprint density at radius 1 is 1.44 bits per heavy atom. The van der Waals surface area contributed by atoms with Crippen LogP contribution in [0.1, 0.15) is 12.8 Å². The highest BCUT2D eigenvalue weighted by atomic mass is 35.5. The molecule has 1 aliphatic carbocycles. The van der Waals surface area contributed by atoms with Crippen LogP contribution in [0.2, 0.25) is 5.15 Å². The average molecular weight is 286 g/mol. The van der Waals surface area contributed by atoms with Crippen LogP contribution < -0.4 is 0 Å². The molecule has 5 nitrogen and oxygen atoms in total. The van der Waals surface area contributed by atoms with Crippen molar-refractivity contribution in [3.05, 3.63) is 29.5 Å². The highest BCUT2D eigenvalue weighted by Crippen LogP contribution is 2.32. The third kappa shape index (κ3) is 1.72. The summed E-state index contributed by atoms with van der Waals surface area (Å²) in [4.78, 5) is 4.06. The van der Waals surface area contributed by atoms with Gasteiger partial charge in [-0.25, -0.2) is 13.4 Å². The predicted molar refractivity (Wildman–Crippen MR) is 68.2 cm³/mol. The van der Waals surface area contributed by atoms with E-state index in [1.165, 1.54) is 8.71 Å². The first-order chi connectivity index (χ1) is 8.51. The summed E-state index contributed by atoms with van der Waals surface area (Å²) in [6.07, 6.45) is 3.47. The van der Waals surface area contributed by atoms with Gasteiger partial charge in [0.05, 0.1) is 0 Å². The fourth-order valence-corrected chi connectivity index (χ4v) is 3.95. The van der Waals surface area contributed by atoms with E-state index in [4.69, 9.17) is 11.6 Å². The number of nitrogens with zero attached hydrogens (tertiary/aromatic N) is 3. The number of hydrogen-bond donors (Lipinski definition) is 0. The van der Waals surface area contributed by atoms with Gasteiger partial charge in [-0.3, -0.25) is 4.40 Å². The normalized spacial score (nSPS) is 16.6. The number of pyridine rings is 1. The summed E-state index contributed by atoms with van der Waals surface area (Å²) in [6.45, 7) is 0. The van der Waals surface area contributed by atoms with E-state index in [1.54, 1.807) is 31.4 Å². The Hall–Kier alpha value is -1.11. The van der Waals surface area contributed by atoms with E-state index in [0.29, 0.717) is 5.65 Å². The van der Waals surface area contributed by atoms with Crippen LogP contribution in [0.15, 0.2) is 29.4 Å². The molecule has 7 heteroatoms. The van der Waals surface area contributed by atoms with Crippen molar-refractivity contribution < 1.29 is 8.42 Å². The first kappa shape index (κ1) is 12.0. The lowest BCUT2D eigenvalue weighted by Crippen LogP contribution is -2.30. The Morgan fingerprint density at radius 2 is 2.17 bits per heavy atom. The van der Waals surface area contributed by atoms with Crippen LogP contribution in [0.4, 0.5) is 0 Å². The number of fused-ring (bicyclic) bond motifs is 1. The maximum Gasteiger partial charge on any atom is 0.262 e. The summed E-state index contributed by atoms with van der Waals surface area (Å²) in [5.74, 6) is 0. The van der Waals surface area contributed by atoms with Crippen molar-refractivity contribution >= 4 is 27.3 Å². The average Bonchev–Trinajstić information content (AvgIpc) is 3.09. The van der Waals surface area contributed by atoms with Gasteiger partial charge in [0, 0.05) is 19.3 Å². The number of sulfonamides is 1. The third-order valence-electron chi connectivity index (χ3n) is 3.13. The topological polar surface area (TPSA) is 54.7 Å². The molecule has 0 bridgehead atoms. The van der Waals surface area contributed by atoms with Crippen LogP contribution in [-0.2, 0) is 10.0 Å². The minimum absolute atomic E-state index is 0.0219. The molecule has 0 aromatic carbocycles. The molecule has 1 aliphatic rings. The second-order valence-corrected chi connectivity index (χ2v) is 6.66. The molecule has 0 radical (unpaired) electrons. The summed E-state index contributed by atoms with van der Waals surface area (Å²) >= 11 is 5.98. The standard InChI is InChI=1S/C11H12ClN3O2S/c1-14(8-5-6-8)18(16,17)11-10(12)13-9-4-2-3-7-15(9)11/h2-4,7-8H,5-6H2,1H3. The minimum atomic E-state index is -3.59. The summed E-state index contributed by atoms with van der Waals surface area (Å²) in [6, 6.07) is 5.36. The van der Waals surface area contributed by atoms with Crippen LogP contribution in [-0.4, -0.2) is 35.2 Å². The SMILES string of the molecule is CN(C1CC1)S(=O)(=O)c1c(Cl)nc2ccccn12. The molecule has 0 saturated heterocycles. The monoisotopic (exact) mass is 285 g/mol. The lowest BCUT2D eigenvalue weighted by atomic mass is 10.5. The van der Waals surface area contributed by atoms with Crippen LogP contribution >= 0.6 is 11.6 Å². The van der Waals surface area contributed by atoms with Crippen molar-refractivity contribution in [2.24, 2.45) is 0 Å². The number of rotatable bonds is 3. The summed E-state index contributed by atoms with van der Waals surface area (Å²) in [7, 11) is -2.00. The fourth-order valence-electron chi connectivity index (χ4n) is 1.95. The fraction of sp³-hybridized carbons (Fsp3) is 0.364. The zero-order chi connectivity index (χ0) is 12.9. The molecule has 0 aliphatic heterocycles. The van der Waals surface area contributed by atoms with Crippen molar-refractivity contribution in [2.75, 3.05) is 7.05 Å². The van der Waals surface area contributed by atoms with Crippen LogP contribution in [0.25, 0.3) is 5.65 Å². The molecule has 0 unspecified atom stereocenters. The first-order valence-electron chi connectivity index (χ1n) is 5.62. The van der Waals surface area contributed by atoms with Gasteiger partial charge in [0.2, 0.25) is 0 Å². The summed E-state index contributed by atoms with van der Waals surface area (Å²) in [5, 5.41) is 0.0721. The van der Waals surface area contributed by atoms with E-state index in [-0.39, 0.29) is 16.2 Å². The highest BCUT2D eigenvalue weighted by Gasteiger charge is 2.38. The highest BCUT2D eigenvalue weighted by molar-refractivity contribution is 7.89.